The van der Waals surface area contributed by atoms with Crippen LogP contribution >= 0.6 is 0 Å². The number of ether oxygens (including phenoxy) is 1. The number of hydrogen-bond acceptors (Lipinski definition) is 6. The molecule has 5 N–H and O–H groups in total. The van der Waals surface area contributed by atoms with Crippen LogP contribution in [0.5, 0.6) is 0 Å². The van der Waals surface area contributed by atoms with Gasteiger partial charge in [-0.05, 0) is 24.3 Å². The van der Waals surface area contributed by atoms with E-state index in [9.17, 15) is 14.0 Å². The third-order valence-electron chi connectivity index (χ3n) is 4.20. The molecule has 2 heterocycles. The molecule has 2 amide bonds. The summed E-state index contributed by atoms with van der Waals surface area (Å²) in [6, 6.07) is 7.74. The van der Waals surface area contributed by atoms with Gasteiger partial charge >= 0.3 is 6.09 Å². The van der Waals surface area contributed by atoms with Crippen molar-refractivity contribution in [3.63, 3.8) is 0 Å². The fourth-order valence-electron chi connectivity index (χ4n) is 2.81. The normalized spacial score (nSPS) is 15.9. The number of rotatable bonds is 6. The summed E-state index contributed by atoms with van der Waals surface area (Å²) in [6.07, 6.45) is 1.77. The second-order valence-corrected chi connectivity index (χ2v) is 6.47. The number of aromatic nitrogens is 1. The molecule has 1 unspecified atom stereocenters. The van der Waals surface area contributed by atoms with Crippen molar-refractivity contribution in [1.82, 2.24) is 15.7 Å². The lowest BCUT2D eigenvalue weighted by atomic mass is 10.1. The predicted octanol–water partition coefficient (Wildman–Crippen LogP) is 1.17. The van der Waals surface area contributed by atoms with Gasteiger partial charge in [-0.2, -0.15) is 5.10 Å². The third kappa shape index (κ3) is 5.07. The minimum atomic E-state index is -0.595. The topological polar surface area (TPSA) is 146 Å². The van der Waals surface area contributed by atoms with Crippen molar-refractivity contribution in [2.24, 2.45) is 10.8 Å². The number of hydrogen-bond donors (Lipinski definition) is 4. The van der Waals surface area contributed by atoms with Gasteiger partial charge in [-0.15, -0.1) is 0 Å². The maximum Gasteiger partial charge on any atom is 0.414 e. The molecule has 0 spiro atoms. The average molecular weight is 413 g/mol. The van der Waals surface area contributed by atoms with Crippen molar-refractivity contribution in [3.05, 3.63) is 48.0 Å². The third-order valence-corrected chi connectivity index (χ3v) is 4.20. The maximum atomic E-state index is 14.7. The van der Waals surface area contributed by atoms with E-state index in [1.165, 1.54) is 30.3 Å². The monoisotopic (exact) mass is 413 g/mol. The minimum absolute atomic E-state index is 0.196. The van der Waals surface area contributed by atoms with Crippen molar-refractivity contribution in [3.8, 4) is 11.1 Å². The van der Waals surface area contributed by atoms with E-state index >= 15 is 0 Å². The Bertz CT molecular complexity index is 994. The smallest absolute Gasteiger partial charge is 0.414 e. The molecule has 1 saturated heterocycles. The summed E-state index contributed by atoms with van der Waals surface area (Å²) in [5.74, 6) is -1.04. The van der Waals surface area contributed by atoms with Crippen LogP contribution in [0, 0.1) is 11.2 Å². The van der Waals surface area contributed by atoms with Crippen LogP contribution in [-0.4, -0.2) is 48.4 Å². The molecular weight excluding hydrogens is 393 g/mol. The largest absolute Gasteiger partial charge is 0.442 e. The van der Waals surface area contributed by atoms with Crippen molar-refractivity contribution >= 4 is 29.9 Å². The molecule has 0 bridgehead atoms. The van der Waals surface area contributed by atoms with Gasteiger partial charge in [0, 0.05) is 24.2 Å². The zero-order valence-corrected chi connectivity index (χ0v) is 16.1. The lowest BCUT2D eigenvalue weighted by Gasteiger charge is -2.14. The van der Waals surface area contributed by atoms with Gasteiger partial charge in [0.2, 0.25) is 11.9 Å². The molecular formula is C19H20FN7O3. The summed E-state index contributed by atoms with van der Waals surface area (Å²) in [5, 5.41) is 13.3. The van der Waals surface area contributed by atoms with Crippen LogP contribution in [0.1, 0.15) is 12.6 Å². The van der Waals surface area contributed by atoms with Crippen molar-refractivity contribution in [1.29, 1.82) is 5.41 Å². The molecule has 1 aliphatic heterocycles. The Hall–Kier alpha value is -4.02. The summed E-state index contributed by atoms with van der Waals surface area (Å²) < 4.78 is 19.9. The summed E-state index contributed by atoms with van der Waals surface area (Å²) in [4.78, 5) is 28.6. The fraction of sp³-hybridized carbons (Fsp3) is 0.211. The highest BCUT2D eigenvalue weighted by atomic mass is 19.1. The van der Waals surface area contributed by atoms with E-state index in [-0.39, 0.29) is 25.0 Å². The minimum Gasteiger partial charge on any atom is -0.442 e. The van der Waals surface area contributed by atoms with Gasteiger partial charge in [-0.25, -0.2) is 14.6 Å². The molecule has 1 aromatic carbocycles. The van der Waals surface area contributed by atoms with Crippen LogP contribution in [0.3, 0.4) is 0 Å². The second kappa shape index (κ2) is 8.99. The number of nitrogens with two attached hydrogens (primary N) is 1. The molecule has 1 aliphatic rings. The van der Waals surface area contributed by atoms with Crippen LogP contribution in [0.2, 0.25) is 0 Å². The van der Waals surface area contributed by atoms with Gasteiger partial charge in [-0.1, -0.05) is 6.07 Å². The Labute approximate surface area is 171 Å². The Kier molecular flexibility index (Phi) is 6.20. The molecule has 1 aromatic heterocycles. The zero-order valence-electron chi connectivity index (χ0n) is 16.1. The fourth-order valence-corrected chi connectivity index (χ4v) is 2.81. The number of hydrazone groups is 1. The molecule has 0 aliphatic carbocycles. The number of carbonyl (C=O) groups excluding carboxylic acids is 2. The Balaban J connectivity index is 1.71. The standard InChI is InChI=1S/C19H20FN7O3/c1-11(28)23-9-15-10-27(19(29)30-15)14-4-5-16(17(20)6-14)12-2-3-13(24-7-12)8-25-26-18(21)22/h2-8,15H,9-10H2,1H3,(H,23,28)(H4,21,22,26). The van der Waals surface area contributed by atoms with Crippen LogP contribution < -0.4 is 21.4 Å². The van der Waals surface area contributed by atoms with Gasteiger partial charge in [0.25, 0.3) is 0 Å². The van der Waals surface area contributed by atoms with E-state index in [2.05, 4.69) is 20.8 Å². The molecule has 1 fully saturated rings. The van der Waals surface area contributed by atoms with Gasteiger partial charge in [0.15, 0.2) is 0 Å². The van der Waals surface area contributed by atoms with E-state index in [0.29, 0.717) is 22.5 Å². The molecule has 156 valence electrons. The molecule has 1 atom stereocenters. The highest BCUT2D eigenvalue weighted by Gasteiger charge is 2.32. The highest BCUT2D eigenvalue weighted by molar-refractivity contribution is 5.90. The van der Waals surface area contributed by atoms with Crippen LogP contribution in [0.15, 0.2) is 41.6 Å². The van der Waals surface area contributed by atoms with Crippen molar-refractivity contribution in [2.75, 3.05) is 18.0 Å². The van der Waals surface area contributed by atoms with Gasteiger partial charge in [0.1, 0.15) is 11.9 Å². The first-order valence-electron chi connectivity index (χ1n) is 8.95. The van der Waals surface area contributed by atoms with E-state index in [1.807, 2.05) is 0 Å². The molecule has 30 heavy (non-hydrogen) atoms. The number of nitrogens with one attached hydrogen (secondary N) is 3. The molecule has 2 aromatic rings. The second-order valence-electron chi connectivity index (χ2n) is 6.47. The van der Waals surface area contributed by atoms with Gasteiger partial charge in [0.05, 0.1) is 30.7 Å². The quantitative estimate of drug-likeness (QED) is 0.318. The van der Waals surface area contributed by atoms with E-state index in [4.69, 9.17) is 15.9 Å². The van der Waals surface area contributed by atoms with Crippen LogP contribution in [-0.2, 0) is 9.53 Å². The first-order valence-corrected chi connectivity index (χ1v) is 8.95. The molecule has 11 heteroatoms. The highest BCUT2D eigenvalue weighted by Crippen LogP contribution is 2.28. The Morgan fingerprint density at radius 1 is 1.47 bits per heavy atom. The number of benzene rings is 1. The average Bonchev–Trinajstić information content (AvgIpc) is 3.07. The SMILES string of the molecule is CC(=O)NCC1CN(c2ccc(-c3ccc(C=NNC(=N)N)nc3)c(F)c2)C(=O)O1. The van der Waals surface area contributed by atoms with Crippen molar-refractivity contribution < 1.29 is 18.7 Å². The van der Waals surface area contributed by atoms with E-state index in [1.54, 1.807) is 24.3 Å². The maximum absolute atomic E-state index is 14.7. The van der Waals surface area contributed by atoms with Crippen LogP contribution in [0.4, 0.5) is 14.9 Å². The van der Waals surface area contributed by atoms with E-state index in [0.717, 1.165) is 0 Å². The van der Waals surface area contributed by atoms with Crippen molar-refractivity contribution in [2.45, 2.75) is 13.0 Å². The summed E-state index contributed by atoms with van der Waals surface area (Å²) in [6.45, 7) is 1.78. The van der Waals surface area contributed by atoms with Gasteiger partial charge in [-0.3, -0.25) is 20.1 Å². The zero-order chi connectivity index (χ0) is 21.7. The number of halogens is 1. The number of carbonyl (C=O) groups is 2. The number of anilines is 1. The Morgan fingerprint density at radius 2 is 2.27 bits per heavy atom. The number of guanidine groups is 1. The van der Waals surface area contributed by atoms with Gasteiger partial charge < -0.3 is 15.8 Å². The lowest BCUT2D eigenvalue weighted by Crippen LogP contribution is -2.33. The molecule has 0 saturated carbocycles. The van der Waals surface area contributed by atoms with E-state index < -0.39 is 18.0 Å². The number of nitrogens with zero attached hydrogens (tertiary/aromatic N) is 3. The Morgan fingerprint density at radius 3 is 2.90 bits per heavy atom. The van der Waals surface area contributed by atoms with Crippen LogP contribution in [0.25, 0.3) is 11.1 Å². The lowest BCUT2D eigenvalue weighted by molar-refractivity contribution is -0.119. The molecule has 10 nitrogen and oxygen atoms in total. The molecule has 3 rings (SSSR count). The summed E-state index contributed by atoms with van der Waals surface area (Å²) in [5.41, 5.74) is 9.11. The number of cyclic esters (lactones) is 1. The first kappa shape index (κ1) is 20.7. The number of pyridine rings is 1. The first-order chi connectivity index (χ1) is 14.3. The predicted molar refractivity (Wildman–Crippen MR) is 109 cm³/mol. The molecule has 0 radical (unpaired) electrons. The summed E-state index contributed by atoms with van der Waals surface area (Å²) >= 11 is 0. The number of amides is 2. The summed E-state index contributed by atoms with van der Waals surface area (Å²) in [7, 11) is 0.